The number of carbonyl (C=O) groups is 2. The molecule has 0 aromatic heterocycles. The van der Waals surface area contributed by atoms with Crippen LogP contribution in [0.25, 0.3) is 0 Å². The molecule has 2 aliphatic rings. The Balaban J connectivity index is 1.48. The van der Waals surface area contributed by atoms with Crippen LogP contribution in [0.2, 0.25) is 0 Å². The number of hydrogen-bond donors (Lipinski definition) is 1. The second-order valence-corrected chi connectivity index (χ2v) is 7.14. The third kappa shape index (κ3) is 4.53. The van der Waals surface area contributed by atoms with Gasteiger partial charge in [0.2, 0.25) is 11.8 Å². The van der Waals surface area contributed by atoms with Crippen molar-refractivity contribution in [1.29, 1.82) is 0 Å². The molecule has 5 heteroatoms. The number of amides is 2. The first-order valence-corrected chi connectivity index (χ1v) is 9.61. The van der Waals surface area contributed by atoms with Gasteiger partial charge in [-0.05, 0) is 43.5 Å². The van der Waals surface area contributed by atoms with Crippen molar-refractivity contribution >= 4 is 23.2 Å². The van der Waals surface area contributed by atoms with Gasteiger partial charge in [0, 0.05) is 49.9 Å². The maximum absolute atomic E-state index is 12.1. The summed E-state index contributed by atoms with van der Waals surface area (Å²) in [6, 6.07) is 8.07. The monoisotopic (exact) mass is 343 g/mol. The van der Waals surface area contributed by atoms with E-state index in [2.05, 4.69) is 29.3 Å². The minimum Gasteiger partial charge on any atom is -0.368 e. The van der Waals surface area contributed by atoms with Crippen LogP contribution in [0.4, 0.5) is 11.4 Å². The first kappa shape index (κ1) is 17.8. The van der Waals surface area contributed by atoms with E-state index in [0.717, 1.165) is 63.2 Å². The molecule has 0 radical (unpaired) electrons. The van der Waals surface area contributed by atoms with Crippen molar-refractivity contribution in [3.8, 4) is 0 Å². The molecule has 1 aromatic carbocycles. The van der Waals surface area contributed by atoms with E-state index in [1.54, 1.807) is 0 Å². The first-order chi connectivity index (χ1) is 12.2. The van der Waals surface area contributed by atoms with E-state index in [1.165, 1.54) is 6.42 Å². The fourth-order valence-electron chi connectivity index (χ4n) is 3.37. The first-order valence-electron chi connectivity index (χ1n) is 9.61. The highest BCUT2D eigenvalue weighted by Gasteiger charge is 2.25. The normalized spacial score (nSPS) is 18.0. The molecule has 2 fully saturated rings. The van der Waals surface area contributed by atoms with E-state index in [-0.39, 0.29) is 17.7 Å². The van der Waals surface area contributed by atoms with Gasteiger partial charge in [0.15, 0.2) is 0 Å². The lowest BCUT2D eigenvalue weighted by molar-refractivity contribution is -0.131. The quantitative estimate of drug-likeness (QED) is 0.862. The summed E-state index contributed by atoms with van der Waals surface area (Å²) in [7, 11) is 0. The molecule has 2 amide bonds. The van der Waals surface area contributed by atoms with E-state index >= 15 is 0 Å². The minimum atomic E-state index is 0.151. The van der Waals surface area contributed by atoms with Crippen LogP contribution in [0, 0.1) is 5.92 Å². The Hall–Kier alpha value is -2.04. The van der Waals surface area contributed by atoms with E-state index in [0.29, 0.717) is 6.42 Å². The number of piperazine rings is 1. The van der Waals surface area contributed by atoms with Crippen molar-refractivity contribution in [1.82, 2.24) is 4.90 Å². The Bertz CT molecular complexity index is 587. The van der Waals surface area contributed by atoms with Gasteiger partial charge in [-0.15, -0.1) is 0 Å². The molecular formula is C20H29N3O2. The molecule has 0 atom stereocenters. The van der Waals surface area contributed by atoms with Gasteiger partial charge < -0.3 is 15.1 Å². The maximum atomic E-state index is 12.1. The number of benzene rings is 1. The summed E-state index contributed by atoms with van der Waals surface area (Å²) in [5, 5.41) is 3.01. The fraction of sp³-hybridized carbons (Fsp3) is 0.600. The molecule has 25 heavy (non-hydrogen) atoms. The van der Waals surface area contributed by atoms with Crippen molar-refractivity contribution in [2.45, 2.75) is 45.4 Å². The summed E-state index contributed by atoms with van der Waals surface area (Å²) < 4.78 is 0. The van der Waals surface area contributed by atoms with Gasteiger partial charge in [-0.1, -0.05) is 19.8 Å². The van der Waals surface area contributed by atoms with Crippen molar-refractivity contribution in [2.75, 3.05) is 36.4 Å². The maximum Gasteiger partial charge on any atom is 0.227 e. The largest absolute Gasteiger partial charge is 0.368 e. The number of rotatable bonds is 6. The number of unbranched alkanes of at least 4 members (excludes halogenated alkanes) is 1. The molecular weight excluding hydrogens is 314 g/mol. The minimum absolute atomic E-state index is 0.151. The molecule has 0 bridgehead atoms. The average Bonchev–Trinajstić information content (AvgIpc) is 2.59. The summed E-state index contributed by atoms with van der Waals surface area (Å²) in [5.74, 6) is 0.645. The Morgan fingerprint density at radius 1 is 1.08 bits per heavy atom. The van der Waals surface area contributed by atoms with Crippen LogP contribution in [0.5, 0.6) is 0 Å². The highest BCUT2D eigenvalue weighted by molar-refractivity contribution is 5.93. The second-order valence-electron chi connectivity index (χ2n) is 7.14. The molecule has 1 saturated heterocycles. The van der Waals surface area contributed by atoms with Crippen LogP contribution in [-0.2, 0) is 9.59 Å². The van der Waals surface area contributed by atoms with Crippen molar-refractivity contribution in [3.05, 3.63) is 24.3 Å². The lowest BCUT2D eigenvalue weighted by Gasteiger charge is -2.36. The van der Waals surface area contributed by atoms with Gasteiger partial charge in [-0.2, -0.15) is 0 Å². The van der Waals surface area contributed by atoms with Crippen LogP contribution in [0.15, 0.2) is 24.3 Å². The molecule has 1 aliphatic carbocycles. The van der Waals surface area contributed by atoms with Crippen LogP contribution < -0.4 is 10.2 Å². The Morgan fingerprint density at radius 2 is 1.76 bits per heavy atom. The van der Waals surface area contributed by atoms with E-state index in [9.17, 15) is 9.59 Å². The molecule has 1 aliphatic heterocycles. The molecule has 136 valence electrons. The van der Waals surface area contributed by atoms with E-state index in [4.69, 9.17) is 0 Å². The summed E-state index contributed by atoms with van der Waals surface area (Å²) in [6.07, 6.45) is 5.93. The van der Waals surface area contributed by atoms with Gasteiger partial charge in [-0.25, -0.2) is 0 Å². The topological polar surface area (TPSA) is 52.7 Å². The number of nitrogens with zero attached hydrogens (tertiary/aromatic N) is 2. The number of nitrogens with one attached hydrogen (secondary N) is 1. The van der Waals surface area contributed by atoms with Crippen LogP contribution in [0.3, 0.4) is 0 Å². The molecule has 1 heterocycles. The molecule has 0 spiro atoms. The van der Waals surface area contributed by atoms with Gasteiger partial charge in [-0.3, -0.25) is 9.59 Å². The Labute approximate surface area is 150 Å². The second kappa shape index (κ2) is 8.37. The van der Waals surface area contributed by atoms with E-state index in [1.807, 2.05) is 17.0 Å². The van der Waals surface area contributed by atoms with Crippen LogP contribution in [-0.4, -0.2) is 42.9 Å². The lowest BCUT2D eigenvalue weighted by atomic mass is 9.85. The Kier molecular flexibility index (Phi) is 5.95. The molecule has 5 nitrogen and oxygen atoms in total. The lowest BCUT2D eigenvalue weighted by Crippen LogP contribution is -2.48. The standard InChI is InChI=1S/C20H29N3O2/c1-2-3-7-19(24)23-14-12-22(13-15-23)18-10-8-17(9-11-18)21-20(25)16-5-4-6-16/h8-11,16H,2-7,12-15H2,1H3,(H,21,25). The predicted molar refractivity (Wildman–Crippen MR) is 101 cm³/mol. The van der Waals surface area contributed by atoms with Gasteiger partial charge >= 0.3 is 0 Å². The van der Waals surface area contributed by atoms with Crippen molar-refractivity contribution in [3.63, 3.8) is 0 Å². The molecule has 0 unspecified atom stereocenters. The van der Waals surface area contributed by atoms with Gasteiger partial charge in [0.05, 0.1) is 0 Å². The fourth-order valence-corrected chi connectivity index (χ4v) is 3.37. The highest BCUT2D eigenvalue weighted by atomic mass is 16.2. The highest BCUT2D eigenvalue weighted by Crippen LogP contribution is 2.28. The predicted octanol–water partition coefficient (Wildman–Crippen LogP) is 3.26. The average molecular weight is 343 g/mol. The van der Waals surface area contributed by atoms with Crippen molar-refractivity contribution < 1.29 is 9.59 Å². The molecule has 3 rings (SSSR count). The summed E-state index contributed by atoms with van der Waals surface area (Å²) >= 11 is 0. The molecule has 1 aromatic rings. The number of hydrogen-bond acceptors (Lipinski definition) is 3. The third-order valence-electron chi connectivity index (χ3n) is 5.35. The van der Waals surface area contributed by atoms with Crippen LogP contribution in [0.1, 0.15) is 45.4 Å². The van der Waals surface area contributed by atoms with Crippen molar-refractivity contribution in [2.24, 2.45) is 5.92 Å². The van der Waals surface area contributed by atoms with Gasteiger partial charge in [0.1, 0.15) is 0 Å². The number of anilines is 2. The SMILES string of the molecule is CCCCC(=O)N1CCN(c2ccc(NC(=O)C3CCC3)cc2)CC1. The zero-order chi connectivity index (χ0) is 17.6. The summed E-state index contributed by atoms with van der Waals surface area (Å²) in [4.78, 5) is 28.4. The molecule has 1 N–H and O–H groups in total. The smallest absolute Gasteiger partial charge is 0.227 e. The van der Waals surface area contributed by atoms with Crippen LogP contribution >= 0.6 is 0 Å². The third-order valence-corrected chi connectivity index (χ3v) is 5.35. The van der Waals surface area contributed by atoms with E-state index < -0.39 is 0 Å². The number of carbonyl (C=O) groups excluding carboxylic acids is 2. The zero-order valence-electron chi connectivity index (χ0n) is 15.2. The summed E-state index contributed by atoms with van der Waals surface area (Å²) in [5.41, 5.74) is 2.02. The molecule has 1 saturated carbocycles. The summed E-state index contributed by atoms with van der Waals surface area (Å²) in [6.45, 7) is 5.44. The van der Waals surface area contributed by atoms with Gasteiger partial charge in [0.25, 0.3) is 0 Å². The zero-order valence-corrected chi connectivity index (χ0v) is 15.2. The Morgan fingerprint density at radius 3 is 2.32 bits per heavy atom.